The van der Waals surface area contributed by atoms with Gasteiger partial charge >= 0.3 is 12.2 Å². The Balaban J connectivity index is 1.57. The third kappa shape index (κ3) is 7.51. The van der Waals surface area contributed by atoms with Gasteiger partial charge in [0.25, 0.3) is 0 Å². The van der Waals surface area contributed by atoms with Crippen molar-refractivity contribution in [2.45, 2.75) is 31.2 Å². The maximum absolute atomic E-state index is 14.0. The fourth-order valence-electron chi connectivity index (χ4n) is 4.64. The van der Waals surface area contributed by atoms with Gasteiger partial charge in [0.05, 0.1) is 23.9 Å². The Morgan fingerprint density at radius 1 is 1.15 bits per heavy atom. The van der Waals surface area contributed by atoms with Gasteiger partial charge in [-0.25, -0.2) is 18.3 Å². The summed E-state index contributed by atoms with van der Waals surface area (Å²) in [5.74, 6) is -2.00. The summed E-state index contributed by atoms with van der Waals surface area (Å²) in [7, 11) is 1.55. The quantitative estimate of drug-likeness (QED) is 0.312. The molecule has 3 atom stereocenters. The van der Waals surface area contributed by atoms with Gasteiger partial charge in [-0.15, -0.1) is 5.10 Å². The maximum atomic E-state index is 14.0. The third-order valence-electron chi connectivity index (χ3n) is 6.70. The lowest BCUT2D eigenvalue weighted by atomic mass is 9.94. The number of hydrogen-bond donors (Lipinski definition) is 3. The van der Waals surface area contributed by atoms with Crippen LogP contribution in [0.4, 0.5) is 32.6 Å². The van der Waals surface area contributed by atoms with Crippen molar-refractivity contribution in [3.05, 3.63) is 71.3 Å². The Bertz CT molecular complexity index is 1320. The number of anilines is 1. The first-order chi connectivity index (χ1) is 19.5. The van der Waals surface area contributed by atoms with Crippen molar-refractivity contribution >= 4 is 11.8 Å². The van der Waals surface area contributed by atoms with E-state index >= 15 is 0 Å². The Hall–Kier alpha value is -3.75. The van der Waals surface area contributed by atoms with Gasteiger partial charge in [-0.05, 0) is 36.8 Å². The smallest absolute Gasteiger partial charge is 0.417 e. The van der Waals surface area contributed by atoms with Crippen LogP contribution in [0.3, 0.4) is 0 Å². The summed E-state index contributed by atoms with van der Waals surface area (Å²) in [5, 5.41) is 19.1. The molecule has 1 aromatic heterocycles. The molecule has 2 amide bonds. The predicted octanol–water partition coefficient (Wildman–Crippen LogP) is 4.00. The molecular weight excluding hydrogens is 553 g/mol. The van der Waals surface area contributed by atoms with Crippen LogP contribution in [0.25, 0.3) is 5.69 Å². The van der Waals surface area contributed by atoms with Crippen LogP contribution in [-0.2, 0) is 4.74 Å². The monoisotopic (exact) mass is 583 g/mol. The first-order valence-corrected chi connectivity index (χ1v) is 12.7. The number of aliphatic hydroxyl groups excluding tert-OH is 1. The Morgan fingerprint density at radius 3 is 2.46 bits per heavy atom. The highest BCUT2D eigenvalue weighted by Crippen LogP contribution is 2.31. The maximum Gasteiger partial charge on any atom is 0.417 e. The fourth-order valence-corrected chi connectivity index (χ4v) is 4.64. The highest BCUT2D eigenvalue weighted by molar-refractivity contribution is 5.90. The number of halogens is 5. The van der Waals surface area contributed by atoms with Crippen LogP contribution in [0.2, 0.25) is 0 Å². The molecule has 0 aliphatic carbocycles. The molecule has 4 rings (SSSR count). The number of aromatic nitrogens is 2. The van der Waals surface area contributed by atoms with Crippen LogP contribution in [0.5, 0.6) is 5.88 Å². The average Bonchev–Trinajstić information content (AvgIpc) is 3.45. The molecule has 2 aromatic carbocycles. The van der Waals surface area contributed by atoms with E-state index in [4.69, 9.17) is 9.47 Å². The molecule has 0 spiro atoms. The zero-order valence-corrected chi connectivity index (χ0v) is 22.3. The molecule has 3 N–H and O–H groups in total. The third-order valence-corrected chi connectivity index (χ3v) is 6.70. The number of nitrogens with zero attached hydrogens (tertiary/aromatic N) is 3. The summed E-state index contributed by atoms with van der Waals surface area (Å²) < 4.78 is 78.0. The van der Waals surface area contributed by atoms with Crippen LogP contribution in [0.1, 0.15) is 17.0 Å². The number of hydrogen-bond acceptors (Lipinski definition) is 6. The summed E-state index contributed by atoms with van der Waals surface area (Å²) in [5.41, 5.74) is 1.09. The number of carbonyl (C=O) groups is 1. The van der Waals surface area contributed by atoms with Crippen molar-refractivity contribution in [2.75, 3.05) is 45.3 Å². The second kappa shape index (κ2) is 12.8. The highest BCUT2D eigenvalue weighted by atomic mass is 19.4. The number of carbonyl (C=O) groups excluding carboxylic acids is 1. The van der Waals surface area contributed by atoms with Crippen molar-refractivity contribution in [2.24, 2.45) is 0 Å². The van der Waals surface area contributed by atoms with E-state index in [0.717, 1.165) is 6.07 Å². The largest absolute Gasteiger partial charge is 0.473 e. The second-order valence-corrected chi connectivity index (χ2v) is 9.66. The first-order valence-electron chi connectivity index (χ1n) is 12.7. The lowest BCUT2D eigenvalue weighted by Gasteiger charge is -2.21. The zero-order chi connectivity index (χ0) is 29.7. The van der Waals surface area contributed by atoms with E-state index in [1.807, 2.05) is 4.90 Å². The molecule has 0 radical (unpaired) electrons. The summed E-state index contributed by atoms with van der Waals surface area (Å²) in [6, 6.07) is 10.5. The molecular formula is C27H30F5N5O4. The van der Waals surface area contributed by atoms with E-state index in [-0.39, 0.29) is 17.3 Å². The second-order valence-electron chi connectivity index (χ2n) is 9.66. The summed E-state index contributed by atoms with van der Waals surface area (Å²) >= 11 is 0. The number of urea groups is 1. The topological polar surface area (TPSA) is 101 Å². The average molecular weight is 584 g/mol. The SMILES string of the molecule is COCCN1CC(NC(=O)Nc2c(C)c(OCC(O)C(F)(F)F)nn2-c2ccccc2)C(c2cc(F)cc(F)c2)C1. The van der Waals surface area contributed by atoms with Gasteiger partial charge in [0, 0.05) is 38.7 Å². The molecule has 14 heteroatoms. The van der Waals surface area contributed by atoms with Gasteiger partial charge in [-0.3, -0.25) is 10.2 Å². The number of alkyl halides is 3. The molecule has 41 heavy (non-hydrogen) atoms. The molecule has 0 bridgehead atoms. The number of likely N-dealkylation sites (tertiary alicyclic amines) is 1. The van der Waals surface area contributed by atoms with E-state index in [1.165, 1.54) is 23.7 Å². The van der Waals surface area contributed by atoms with Crippen LogP contribution in [0, 0.1) is 18.6 Å². The minimum atomic E-state index is -4.88. The van der Waals surface area contributed by atoms with E-state index in [0.29, 0.717) is 37.5 Å². The van der Waals surface area contributed by atoms with Crippen molar-refractivity contribution in [3.8, 4) is 11.6 Å². The fraction of sp³-hybridized carbons (Fsp3) is 0.407. The Labute approximate surface area is 232 Å². The van der Waals surface area contributed by atoms with Crippen LogP contribution in [0.15, 0.2) is 48.5 Å². The number of rotatable bonds is 10. The summed E-state index contributed by atoms with van der Waals surface area (Å²) in [4.78, 5) is 15.3. The molecule has 0 saturated carbocycles. The number of nitrogens with one attached hydrogen (secondary N) is 2. The molecule has 2 heterocycles. The van der Waals surface area contributed by atoms with Gasteiger partial charge in [0.2, 0.25) is 5.88 Å². The minimum Gasteiger partial charge on any atom is -0.473 e. The number of methoxy groups -OCH3 is 1. The number of amides is 2. The standard InChI is InChI=1S/C27H30F5N5O4/c1-16-24(37(20-6-4-3-5-7-20)35-25(16)41-15-23(38)27(30,31)32)34-26(39)33-22-14-36(8-9-40-2)13-21(22)17-10-18(28)12-19(29)11-17/h3-7,10-12,21-23,38H,8-9,13-15H2,1-2H3,(H2,33,34,39). The Kier molecular flexibility index (Phi) is 9.46. The van der Waals surface area contributed by atoms with Crippen molar-refractivity contribution in [3.63, 3.8) is 0 Å². The normalized spacial score (nSPS) is 18.3. The number of benzene rings is 2. The van der Waals surface area contributed by atoms with Crippen molar-refractivity contribution < 1.29 is 41.3 Å². The van der Waals surface area contributed by atoms with Gasteiger partial charge in [0.1, 0.15) is 24.1 Å². The van der Waals surface area contributed by atoms with Crippen LogP contribution in [-0.4, -0.2) is 84.1 Å². The lowest BCUT2D eigenvalue weighted by Crippen LogP contribution is -2.42. The molecule has 1 aliphatic rings. The summed E-state index contributed by atoms with van der Waals surface area (Å²) in [6.07, 6.45) is -7.60. The number of aliphatic hydroxyl groups is 1. The summed E-state index contributed by atoms with van der Waals surface area (Å²) in [6.45, 7) is 2.15. The zero-order valence-electron chi connectivity index (χ0n) is 22.3. The lowest BCUT2D eigenvalue weighted by molar-refractivity contribution is -0.210. The van der Waals surface area contributed by atoms with Gasteiger partial charge in [-0.1, -0.05) is 18.2 Å². The molecule has 1 fully saturated rings. The van der Waals surface area contributed by atoms with Gasteiger partial charge in [-0.2, -0.15) is 13.2 Å². The van der Waals surface area contributed by atoms with Crippen LogP contribution >= 0.6 is 0 Å². The molecule has 3 unspecified atom stereocenters. The molecule has 222 valence electrons. The molecule has 1 saturated heterocycles. The first kappa shape index (κ1) is 30.2. The van der Waals surface area contributed by atoms with Crippen molar-refractivity contribution in [1.82, 2.24) is 20.0 Å². The number of ether oxygens (including phenoxy) is 2. The van der Waals surface area contributed by atoms with Crippen molar-refractivity contribution in [1.29, 1.82) is 0 Å². The minimum absolute atomic E-state index is 0.118. The highest BCUT2D eigenvalue weighted by Gasteiger charge is 2.39. The molecule has 9 nitrogen and oxygen atoms in total. The molecule has 3 aromatic rings. The number of para-hydroxylation sites is 1. The molecule has 1 aliphatic heterocycles. The van der Waals surface area contributed by atoms with Gasteiger partial charge in [0.15, 0.2) is 6.10 Å². The van der Waals surface area contributed by atoms with E-state index in [2.05, 4.69) is 15.7 Å². The van der Waals surface area contributed by atoms with Gasteiger partial charge < -0.3 is 19.9 Å². The van der Waals surface area contributed by atoms with E-state index in [1.54, 1.807) is 37.4 Å². The predicted molar refractivity (Wildman–Crippen MR) is 139 cm³/mol. The van der Waals surface area contributed by atoms with Crippen LogP contribution < -0.4 is 15.4 Å². The van der Waals surface area contributed by atoms with E-state index in [9.17, 15) is 31.9 Å². The Morgan fingerprint density at radius 2 is 1.83 bits per heavy atom. The van der Waals surface area contributed by atoms with E-state index < -0.39 is 48.5 Å².